The van der Waals surface area contributed by atoms with Crippen LogP contribution in [-0.4, -0.2) is 37.2 Å². The molecule has 0 bridgehead atoms. The highest BCUT2D eigenvalue weighted by molar-refractivity contribution is 6.30. The van der Waals surface area contributed by atoms with Crippen molar-refractivity contribution in [2.45, 2.75) is 32.4 Å². The van der Waals surface area contributed by atoms with E-state index in [1.54, 1.807) is 4.90 Å². The number of phenolic OH excluding ortho intramolecular Hbond substituents is 3. The topological polar surface area (TPSA) is 93.9 Å². The lowest BCUT2D eigenvalue weighted by Gasteiger charge is -2.30. The summed E-state index contributed by atoms with van der Waals surface area (Å²) in [5.74, 6) is -2.31. The van der Waals surface area contributed by atoms with Gasteiger partial charge in [-0.05, 0) is 49.1 Å². The van der Waals surface area contributed by atoms with E-state index < -0.39 is 23.2 Å². The van der Waals surface area contributed by atoms with Crippen molar-refractivity contribution in [1.82, 2.24) is 9.88 Å². The molecule has 3 N–H and O–H groups in total. The van der Waals surface area contributed by atoms with Gasteiger partial charge in [-0.15, -0.1) is 0 Å². The fourth-order valence-corrected chi connectivity index (χ4v) is 4.13. The molecule has 0 saturated carbocycles. The van der Waals surface area contributed by atoms with Crippen LogP contribution in [0.5, 0.6) is 17.2 Å². The van der Waals surface area contributed by atoms with Gasteiger partial charge >= 0.3 is 0 Å². The molecule has 1 aliphatic rings. The first-order valence-electron chi connectivity index (χ1n) is 9.59. The molecule has 0 radical (unpaired) electrons. The van der Waals surface area contributed by atoms with Crippen molar-refractivity contribution >= 4 is 17.5 Å². The van der Waals surface area contributed by atoms with Crippen LogP contribution in [0.15, 0.2) is 48.5 Å². The first-order chi connectivity index (χ1) is 14.3. The Hall–Kier alpha value is -3.25. The molecule has 1 aliphatic carbocycles. The molecular formula is C23H21ClN2O4. The van der Waals surface area contributed by atoms with Gasteiger partial charge in [0.05, 0.1) is 5.56 Å². The second-order valence-electron chi connectivity index (χ2n) is 7.50. The number of hydrogen-bond donors (Lipinski definition) is 3. The number of aromatic nitrogens is 1. The van der Waals surface area contributed by atoms with Crippen LogP contribution in [0.4, 0.5) is 0 Å². The molecule has 2 aromatic carbocycles. The van der Waals surface area contributed by atoms with Gasteiger partial charge in [0.15, 0.2) is 11.5 Å². The number of hydrogen-bond acceptors (Lipinski definition) is 5. The van der Waals surface area contributed by atoms with Crippen molar-refractivity contribution in [2.24, 2.45) is 0 Å². The van der Waals surface area contributed by atoms with Crippen molar-refractivity contribution in [3.8, 4) is 17.2 Å². The molecule has 30 heavy (non-hydrogen) atoms. The minimum absolute atomic E-state index is 0.0857. The highest BCUT2D eigenvalue weighted by atomic mass is 35.5. The summed E-state index contributed by atoms with van der Waals surface area (Å²) in [5, 5.41) is 30.1. The summed E-state index contributed by atoms with van der Waals surface area (Å²) in [6.45, 7) is 2.04. The van der Waals surface area contributed by atoms with Gasteiger partial charge in [-0.3, -0.25) is 4.79 Å². The molecule has 6 nitrogen and oxygen atoms in total. The monoisotopic (exact) mass is 424 g/mol. The summed E-state index contributed by atoms with van der Waals surface area (Å²) in [7, 11) is 0. The Morgan fingerprint density at radius 1 is 1.03 bits per heavy atom. The van der Waals surface area contributed by atoms with Gasteiger partial charge in [-0.1, -0.05) is 41.9 Å². The zero-order valence-corrected chi connectivity index (χ0v) is 17.1. The number of rotatable bonds is 4. The quantitative estimate of drug-likeness (QED) is 0.435. The van der Waals surface area contributed by atoms with Crippen LogP contribution in [-0.2, 0) is 19.4 Å². The van der Waals surface area contributed by atoms with Gasteiger partial charge in [-0.25, -0.2) is 4.98 Å². The van der Waals surface area contributed by atoms with Gasteiger partial charge in [0.25, 0.3) is 5.91 Å². The average molecular weight is 425 g/mol. The van der Waals surface area contributed by atoms with E-state index in [-0.39, 0.29) is 18.2 Å². The summed E-state index contributed by atoms with van der Waals surface area (Å²) in [6.07, 6.45) is 1.34. The van der Waals surface area contributed by atoms with Crippen LogP contribution in [0.3, 0.4) is 0 Å². The number of fused-ring (bicyclic) bond motifs is 1. The SMILES string of the molecule is Cc1ccc(CN(C(=O)c2ccc(O)c(O)c2O)C2Cc3ccccc3C2)c(Cl)n1. The molecule has 0 fully saturated rings. The first kappa shape index (κ1) is 20.0. The standard InChI is InChI=1S/C23H21ClN2O4/c1-13-6-7-16(22(24)25-13)12-26(17-10-14-4-2-3-5-15(14)11-17)23(30)18-8-9-19(27)21(29)20(18)28/h2-9,17,27-29H,10-12H2,1H3. The lowest BCUT2D eigenvalue weighted by atomic mass is 10.1. The molecule has 3 aromatic rings. The highest BCUT2D eigenvalue weighted by Crippen LogP contribution is 2.38. The Bertz CT molecular complexity index is 1110. The van der Waals surface area contributed by atoms with E-state index in [0.29, 0.717) is 23.6 Å². The van der Waals surface area contributed by atoms with E-state index >= 15 is 0 Å². The van der Waals surface area contributed by atoms with Gasteiger partial charge in [0, 0.05) is 23.8 Å². The summed E-state index contributed by atoms with van der Waals surface area (Å²) < 4.78 is 0. The van der Waals surface area contributed by atoms with Crippen LogP contribution < -0.4 is 0 Å². The van der Waals surface area contributed by atoms with E-state index in [4.69, 9.17) is 11.6 Å². The molecule has 1 amide bonds. The third-order valence-corrected chi connectivity index (χ3v) is 5.82. The van der Waals surface area contributed by atoms with Crippen LogP contribution in [0.1, 0.15) is 32.7 Å². The Morgan fingerprint density at radius 3 is 2.33 bits per heavy atom. The predicted octanol–water partition coefficient (Wildman–Crippen LogP) is 3.97. The number of phenols is 3. The lowest BCUT2D eigenvalue weighted by Crippen LogP contribution is -2.40. The van der Waals surface area contributed by atoms with E-state index in [1.165, 1.54) is 23.3 Å². The molecule has 1 heterocycles. The van der Waals surface area contributed by atoms with Crippen molar-refractivity contribution in [3.63, 3.8) is 0 Å². The second-order valence-corrected chi connectivity index (χ2v) is 7.85. The van der Waals surface area contributed by atoms with Gasteiger partial charge in [0.2, 0.25) is 5.75 Å². The lowest BCUT2D eigenvalue weighted by molar-refractivity contribution is 0.0664. The number of benzene rings is 2. The maximum atomic E-state index is 13.5. The normalized spacial score (nSPS) is 13.3. The molecule has 4 rings (SSSR count). The van der Waals surface area contributed by atoms with E-state index in [0.717, 1.165) is 5.69 Å². The molecule has 0 saturated heterocycles. The maximum Gasteiger partial charge on any atom is 0.258 e. The predicted molar refractivity (Wildman–Crippen MR) is 113 cm³/mol. The number of pyridine rings is 1. The minimum Gasteiger partial charge on any atom is -0.504 e. The number of halogens is 1. The summed E-state index contributed by atoms with van der Waals surface area (Å²) in [5.41, 5.74) is 3.72. The number of amides is 1. The van der Waals surface area contributed by atoms with Gasteiger partial charge < -0.3 is 20.2 Å². The van der Waals surface area contributed by atoms with Crippen molar-refractivity contribution in [3.05, 3.63) is 81.6 Å². The number of carbonyl (C=O) groups excluding carboxylic acids is 1. The number of aromatic hydroxyl groups is 3. The average Bonchev–Trinajstić information content (AvgIpc) is 3.15. The third kappa shape index (κ3) is 3.66. The molecule has 1 aromatic heterocycles. The van der Waals surface area contributed by atoms with Gasteiger partial charge in [-0.2, -0.15) is 0 Å². The third-order valence-electron chi connectivity index (χ3n) is 5.50. The Balaban J connectivity index is 1.72. The molecule has 7 heteroatoms. The van der Waals surface area contributed by atoms with Crippen LogP contribution in [0.2, 0.25) is 5.15 Å². The van der Waals surface area contributed by atoms with E-state index in [2.05, 4.69) is 4.98 Å². The Labute approximate surface area is 179 Å². The molecule has 0 spiro atoms. The van der Waals surface area contributed by atoms with Gasteiger partial charge in [0.1, 0.15) is 5.15 Å². The largest absolute Gasteiger partial charge is 0.504 e. The van der Waals surface area contributed by atoms with E-state index in [9.17, 15) is 20.1 Å². The maximum absolute atomic E-state index is 13.5. The molecule has 0 aliphatic heterocycles. The second kappa shape index (κ2) is 7.88. The van der Waals surface area contributed by atoms with Crippen molar-refractivity contribution < 1.29 is 20.1 Å². The fourth-order valence-electron chi connectivity index (χ4n) is 3.87. The highest BCUT2D eigenvalue weighted by Gasteiger charge is 2.32. The zero-order valence-electron chi connectivity index (χ0n) is 16.3. The van der Waals surface area contributed by atoms with Crippen LogP contribution >= 0.6 is 11.6 Å². The molecule has 0 unspecified atom stereocenters. The number of nitrogens with zero attached hydrogens (tertiary/aromatic N) is 2. The van der Waals surface area contributed by atoms with Crippen LogP contribution in [0.25, 0.3) is 0 Å². The fraction of sp³-hybridized carbons (Fsp3) is 0.217. The zero-order chi connectivity index (χ0) is 21.4. The Kier molecular flexibility index (Phi) is 5.26. The summed E-state index contributed by atoms with van der Waals surface area (Å²) in [4.78, 5) is 19.4. The summed E-state index contributed by atoms with van der Waals surface area (Å²) in [6, 6.07) is 14.0. The molecular weight excluding hydrogens is 404 g/mol. The first-order valence-corrected chi connectivity index (χ1v) is 9.96. The van der Waals surface area contributed by atoms with Crippen molar-refractivity contribution in [1.29, 1.82) is 0 Å². The minimum atomic E-state index is -0.717. The smallest absolute Gasteiger partial charge is 0.258 e. The molecule has 0 atom stereocenters. The number of aryl methyl sites for hydroxylation is 1. The summed E-state index contributed by atoms with van der Waals surface area (Å²) >= 11 is 6.33. The van der Waals surface area contributed by atoms with E-state index in [1.807, 2.05) is 43.3 Å². The number of carbonyl (C=O) groups is 1. The molecule has 154 valence electrons. The Morgan fingerprint density at radius 2 is 1.70 bits per heavy atom. The van der Waals surface area contributed by atoms with Crippen LogP contribution in [0, 0.1) is 6.92 Å². The van der Waals surface area contributed by atoms with Crippen molar-refractivity contribution in [2.75, 3.05) is 0 Å².